The van der Waals surface area contributed by atoms with Crippen molar-refractivity contribution >= 4 is 27.3 Å². The highest BCUT2D eigenvalue weighted by atomic mass is 79.9. The van der Waals surface area contributed by atoms with E-state index in [0.29, 0.717) is 0 Å². The Kier molecular flexibility index (Phi) is 4.22. The molecule has 1 aliphatic heterocycles. The van der Waals surface area contributed by atoms with Crippen LogP contribution in [0.25, 0.3) is 0 Å². The Bertz CT molecular complexity index is 416. The lowest BCUT2D eigenvalue weighted by Gasteiger charge is -2.51. The van der Waals surface area contributed by atoms with Crippen LogP contribution in [0.3, 0.4) is 0 Å². The average molecular weight is 331 g/mol. The molecule has 0 spiro atoms. The second-order valence-corrected chi connectivity index (χ2v) is 8.70. The van der Waals surface area contributed by atoms with Crippen LogP contribution < -0.4 is 5.32 Å². The number of piperazine rings is 1. The van der Waals surface area contributed by atoms with Crippen molar-refractivity contribution in [3.05, 3.63) is 20.8 Å². The fourth-order valence-corrected chi connectivity index (χ4v) is 3.98. The Hall–Kier alpha value is 0.1000. The average Bonchev–Trinajstić information content (AvgIpc) is 2.70. The van der Waals surface area contributed by atoms with Gasteiger partial charge in [0.1, 0.15) is 0 Å². The van der Waals surface area contributed by atoms with Crippen LogP contribution in [0.1, 0.15) is 39.0 Å². The SMILES string of the molecule is CCC1(C)CNC(C)(C)CN1Cc1ccc(Br)s1. The first-order valence-electron chi connectivity index (χ1n) is 6.59. The van der Waals surface area contributed by atoms with Crippen LogP contribution in [0.4, 0.5) is 0 Å². The summed E-state index contributed by atoms with van der Waals surface area (Å²) >= 11 is 5.40. The molecule has 4 heteroatoms. The highest BCUT2D eigenvalue weighted by molar-refractivity contribution is 9.11. The van der Waals surface area contributed by atoms with E-state index in [4.69, 9.17) is 0 Å². The number of halogens is 1. The monoisotopic (exact) mass is 330 g/mol. The Morgan fingerprint density at radius 2 is 2.11 bits per heavy atom. The van der Waals surface area contributed by atoms with Crippen molar-refractivity contribution in [2.24, 2.45) is 0 Å². The van der Waals surface area contributed by atoms with E-state index >= 15 is 0 Å². The van der Waals surface area contributed by atoms with E-state index in [0.717, 1.165) is 19.6 Å². The number of rotatable bonds is 3. The number of nitrogens with zero attached hydrogens (tertiary/aromatic N) is 1. The van der Waals surface area contributed by atoms with Gasteiger partial charge in [0.2, 0.25) is 0 Å². The lowest BCUT2D eigenvalue weighted by Crippen LogP contribution is -2.66. The summed E-state index contributed by atoms with van der Waals surface area (Å²) in [6.45, 7) is 12.5. The van der Waals surface area contributed by atoms with Crippen LogP contribution in [0.5, 0.6) is 0 Å². The maximum absolute atomic E-state index is 3.67. The molecule has 1 aromatic rings. The maximum atomic E-state index is 3.67. The predicted octanol–water partition coefficient (Wildman–Crippen LogP) is 3.86. The lowest BCUT2D eigenvalue weighted by molar-refractivity contribution is 0.0183. The van der Waals surface area contributed by atoms with E-state index in [2.05, 4.69) is 66.0 Å². The number of hydrogen-bond donors (Lipinski definition) is 1. The zero-order valence-electron chi connectivity index (χ0n) is 11.7. The van der Waals surface area contributed by atoms with Gasteiger partial charge in [0.25, 0.3) is 0 Å². The molecular formula is C14H23BrN2S. The largest absolute Gasteiger partial charge is 0.309 e. The summed E-state index contributed by atoms with van der Waals surface area (Å²) < 4.78 is 1.23. The molecule has 0 aliphatic carbocycles. The second-order valence-electron chi connectivity index (χ2n) is 6.15. The first kappa shape index (κ1) is 14.5. The van der Waals surface area contributed by atoms with Crippen molar-refractivity contribution in [2.45, 2.75) is 51.7 Å². The molecule has 1 saturated heterocycles. The van der Waals surface area contributed by atoms with E-state index < -0.39 is 0 Å². The molecule has 1 atom stereocenters. The minimum absolute atomic E-state index is 0.211. The van der Waals surface area contributed by atoms with Crippen LogP contribution >= 0.6 is 27.3 Å². The molecule has 102 valence electrons. The van der Waals surface area contributed by atoms with Crippen molar-refractivity contribution in [1.29, 1.82) is 0 Å². The summed E-state index contributed by atoms with van der Waals surface area (Å²) in [6, 6.07) is 4.39. The molecule has 2 rings (SSSR count). The standard InChI is InChI=1S/C14H23BrN2S/c1-5-14(4)9-16-13(2,3)10-17(14)8-11-6-7-12(15)18-11/h6-7,16H,5,8-10H2,1-4H3. The Morgan fingerprint density at radius 1 is 1.39 bits per heavy atom. The molecule has 0 radical (unpaired) electrons. The topological polar surface area (TPSA) is 15.3 Å². The van der Waals surface area contributed by atoms with E-state index in [9.17, 15) is 0 Å². The zero-order chi connectivity index (χ0) is 13.4. The summed E-state index contributed by atoms with van der Waals surface area (Å²) in [6.07, 6.45) is 1.18. The van der Waals surface area contributed by atoms with Gasteiger partial charge in [-0.05, 0) is 55.3 Å². The summed E-state index contributed by atoms with van der Waals surface area (Å²) in [4.78, 5) is 4.08. The van der Waals surface area contributed by atoms with Crippen LogP contribution in [0.2, 0.25) is 0 Å². The molecule has 1 aromatic heterocycles. The highest BCUT2D eigenvalue weighted by Crippen LogP contribution is 2.31. The first-order chi connectivity index (χ1) is 8.35. The molecule has 2 nitrogen and oxygen atoms in total. The fraction of sp³-hybridized carbons (Fsp3) is 0.714. The van der Waals surface area contributed by atoms with Crippen molar-refractivity contribution in [3.63, 3.8) is 0 Å². The predicted molar refractivity (Wildman–Crippen MR) is 83.2 cm³/mol. The second kappa shape index (κ2) is 5.23. The molecule has 1 N–H and O–H groups in total. The molecule has 1 unspecified atom stereocenters. The number of nitrogens with one attached hydrogen (secondary N) is 1. The molecule has 0 aromatic carbocycles. The molecule has 0 saturated carbocycles. The lowest BCUT2D eigenvalue weighted by atomic mass is 9.88. The van der Waals surface area contributed by atoms with Gasteiger partial charge in [-0.2, -0.15) is 0 Å². The minimum Gasteiger partial charge on any atom is -0.309 e. The Morgan fingerprint density at radius 3 is 2.67 bits per heavy atom. The van der Waals surface area contributed by atoms with Gasteiger partial charge in [-0.3, -0.25) is 4.90 Å². The van der Waals surface area contributed by atoms with Gasteiger partial charge in [0.15, 0.2) is 0 Å². The van der Waals surface area contributed by atoms with Gasteiger partial charge in [0, 0.05) is 35.6 Å². The molecule has 0 bridgehead atoms. The first-order valence-corrected chi connectivity index (χ1v) is 8.20. The normalized spacial score (nSPS) is 28.5. The van der Waals surface area contributed by atoms with Crippen molar-refractivity contribution < 1.29 is 0 Å². The molecule has 18 heavy (non-hydrogen) atoms. The van der Waals surface area contributed by atoms with E-state index in [1.54, 1.807) is 0 Å². The summed E-state index contributed by atoms with van der Waals surface area (Å²) in [7, 11) is 0. The Balaban J connectivity index is 2.15. The number of hydrogen-bond acceptors (Lipinski definition) is 3. The molecule has 0 amide bonds. The maximum Gasteiger partial charge on any atom is 0.0701 e. The van der Waals surface area contributed by atoms with E-state index in [1.807, 2.05) is 11.3 Å². The van der Waals surface area contributed by atoms with Crippen molar-refractivity contribution in [1.82, 2.24) is 10.2 Å². The minimum atomic E-state index is 0.211. The molecule has 1 fully saturated rings. The van der Waals surface area contributed by atoms with Crippen LogP contribution in [-0.4, -0.2) is 29.1 Å². The van der Waals surface area contributed by atoms with Crippen LogP contribution in [-0.2, 0) is 6.54 Å². The van der Waals surface area contributed by atoms with Crippen LogP contribution in [0, 0.1) is 0 Å². The number of thiophene rings is 1. The van der Waals surface area contributed by atoms with Gasteiger partial charge >= 0.3 is 0 Å². The molecular weight excluding hydrogens is 308 g/mol. The zero-order valence-corrected chi connectivity index (χ0v) is 14.1. The highest BCUT2D eigenvalue weighted by Gasteiger charge is 2.39. The third-order valence-electron chi connectivity index (χ3n) is 4.03. The summed E-state index contributed by atoms with van der Waals surface area (Å²) in [5.41, 5.74) is 0.481. The van der Waals surface area contributed by atoms with Crippen LogP contribution in [0.15, 0.2) is 15.9 Å². The smallest absolute Gasteiger partial charge is 0.0701 e. The van der Waals surface area contributed by atoms with Gasteiger partial charge in [0.05, 0.1) is 3.79 Å². The van der Waals surface area contributed by atoms with Crippen molar-refractivity contribution in [2.75, 3.05) is 13.1 Å². The van der Waals surface area contributed by atoms with Gasteiger partial charge in [-0.15, -0.1) is 11.3 Å². The van der Waals surface area contributed by atoms with Gasteiger partial charge in [-0.1, -0.05) is 6.92 Å². The van der Waals surface area contributed by atoms with E-state index in [1.165, 1.54) is 15.1 Å². The summed E-state index contributed by atoms with van der Waals surface area (Å²) in [5, 5.41) is 3.67. The fourth-order valence-electron chi connectivity index (χ4n) is 2.49. The van der Waals surface area contributed by atoms with Crippen molar-refractivity contribution in [3.8, 4) is 0 Å². The van der Waals surface area contributed by atoms with Gasteiger partial charge < -0.3 is 5.32 Å². The van der Waals surface area contributed by atoms with Gasteiger partial charge in [-0.25, -0.2) is 0 Å². The molecule has 1 aliphatic rings. The third kappa shape index (κ3) is 3.16. The van der Waals surface area contributed by atoms with E-state index in [-0.39, 0.29) is 11.1 Å². The third-order valence-corrected chi connectivity index (χ3v) is 5.64. The molecule has 2 heterocycles. The quantitative estimate of drug-likeness (QED) is 0.905. The summed E-state index contributed by atoms with van der Waals surface area (Å²) in [5.74, 6) is 0. The Labute approximate surface area is 123 Å².